The fourth-order valence-corrected chi connectivity index (χ4v) is 2.25. The van der Waals surface area contributed by atoms with Gasteiger partial charge in [-0.25, -0.2) is 9.97 Å². The molecule has 0 saturated heterocycles. The van der Waals surface area contributed by atoms with Crippen molar-refractivity contribution in [2.75, 3.05) is 23.7 Å². The van der Waals surface area contributed by atoms with E-state index in [0.717, 1.165) is 42.9 Å². The van der Waals surface area contributed by atoms with E-state index in [1.165, 1.54) is 25.7 Å². The fraction of sp³-hybridized carbons (Fsp3) is 0.750. The quantitative estimate of drug-likeness (QED) is 0.715. The second-order valence-electron chi connectivity index (χ2n) is 5.76. The summed E-state index contributed by atoms with van der Waals surface area (Å²) in [5, 5.41) is 6.88. The second kappa shape index (κ2) is 7.46. The molecule has 0 bridgehead atoms. The van der Waals surface area contributed by atoms with Crippen LogP contribution in [0.2, 0.25) is 0 Å². The molecule has 4 nitrogen and oxygen atoms in total. The molecule has 1 fully saturated rings. The Kier molecular flexibility index (Phi) is 5.62. The van der Waals surface area contributed by atoms with Crippen LogP contribution in [-0.4, -0.2) is 23.1 Å². The highest BCUT2D eigenvalue weighted by molar-refractivity contribution is 5.48. The van der Waals surface area contributed by atoms with Crippen molar-refractivity contribution in [3.8, 4) is 0 Å². The maximum absolute atomic E-state index is 4.68. The normalized spacial score (nSPS) is 14.6. The van der Waals surface area contributed by atoms with E-state index < -0.39 is 0 Å². The third kappa shape index (κ3) is 4.36. The molecule has 0 unspecified atom stereocenters. The molecular weight excluding hydrogens is 248 g/mol. The molecule has 4 heteroatoms. The highest BCUT2D eigenvalue weighted by Crippen LogP contribution is 2.38. The van der Waals surface area contributed by atoms with Gasteiger partial charge in [0.2, 0.25) is 0 Å². The van der Waals surface area contributed by atoms with Gasteiger partial charge in [0.05, 0.1) is 0 Å². The van der Waals surface area contributed by atoms with Crippen molar-refractivity contribution in [3.63, 3.8) is 0 Å². The first-order chi connectivity index (χ1) is 9.76. The summed E-state index contributed by atoms with van der Waals surface area (Å²) < 4.78 is 0. The second-order valence-corrected chi connectivity index (χ2v) is 5.76. The van der Waals surface area contributed by atoms with Crippen LogP contribution >= 0.6 is 0 Å². The molecule has 1 aliphatic rings. The van der Waals surface area contributed by atoms with Gasteiger partial charge in [0, 0.05) is 25.1 Å². The molecule has 1 heterocycles. The van der Waals surface area contributed by atoms with E-state index in [1.807, 2.05) is 6.07 Å². The van der Waals surface area contributed by atoms with Crippen molar-refractivity contribution in [1.29, 1.82) is 0 Å². The van der Waals surface area contributed by atoms with Gasteiger partial charge in [-0.2, -0.15) is 0 Å². The van der Waals surface area contributed by atoms with E-state index in [9.17, 15) is 0 Å². The molecule has 112 valence electrons. The van der Waals surface area contributed by atoms with Gasteiger partial charge in [0.25, 0.3) is 0 Å². The first-order valence-corrected chi connectivity index (χ1v) is 8.13. The third-order valence-electron chi connectivity index (χ3n) is 3.97. The summed E-state index contributed by atoms with van der Waals surface area (Å²) in [5.41, 5.74) is 0. The van der Waals surface area contributed by atoms with Gasteiger partial charge < -0.3 is 10.6 Å². The van der Waals surface area contributed by atoms with Crippen molar-refractivity contribution in [3.05, 3.63) is 11.9 Å². The van der Waals surface area contributed by atoms with Crippen LogP contribution in [0.5, 0.6) is 0 Å². The van der Waals surface area contributed by atoms with Gasteiger partial charge in [0.1, 0.15) is 17.5 Å². The van der Waals surface area contributed by atoms with Crippen LogP contribution in [0, 0.1) is 5.92 Å². The summed E-state index contributed by atoms with van der Waals surface area (Å²) in [4.78, 5) is 9.32. The summed E-state index contributed by atoms with van der Waals surface area (Å²) in [5.74, 6) is 4.27. The first-order valence-electron chi connectivity index (χ1n) is 8.13. The minimum absolute atomic E-state index is 0.590. The molecule has 0 amide bonds. The molecule has 1 aromatic rings. The molecule has 0 aliphatic heterocycles. The Morgan fingerprint density at radius 1 is 1.10 bits per heavy atom. The minimum Gasteiger partial charge on any atom is -0.370 e. The number of aromatic nitrogens is 2. The molecule has 0 atom stereocenters. The van der Waals surface area contributed by atoms with Crippen LogP contribution in [0.25, 0.3) is 0 Å². The Morgan fingerprint density at radius 3 is 2.30 bits per heavy atom. The van der Waals surface area contributed by atoms with E-state index in [1.54, 1.807) is 0 Å². The largest absolute Gasteiger partial charge is 0.370 e. The van der Waals surface area contributed by atoms with Crippen LogP contribution < -0.4 is 10.6 Å². The maximum atomic E-state index is 4.68. The average Bonchev–Trinajstić information content (AvgIpc) is 3.30. The van der Waals surface area contributed by atoms with Crippen molar-refractivity contribution < 1.29 is 0 Å². The Hall–Kier alpha value is -1.32. The van der Waals surface area contributed by atoms with E-state index in [2.05, 4.69) is 41.4 Å². The Labute approximate surface area is 122 Å². The fourth-order valence-electron chi connectivity index (χ4n) is 2.25. The van der Waals surface area contributed by atoms with Gasteiger partial charge in [0.15, 0.2) is 0 Å². The highest BCUT2D eigenvalue weighted by atomic mass is 15.1. The summed E-state index contributed by atoms with van der Waals surface area (Å²) in [6.45, 7) is 8.63. The predicted octanol–water partition coefficient (Wildman–Crippen LogP) is 4.02. The smallest absolute Gasteiger partial charge is 0.136 e. The molecule has 20 heavy (non-hydrogen) atoms. The monoisotopic (exact) mass is 276 g/mol. The Balaban J connectivity index is 2.03. The van der Waals surface area contributed by atoms with E-state index >= 15 is 0 Å². The summed E-state index contributed by atoms with van der Waals surface area (Å²) in [6, 6.07) is 2.05. The average molecular weight is 276 g/mol. The number of nitrogens with zero attached hydrogens (tertiary/aromatic N) is 2. The molecule has 1 aliphatic carbocycles. The molecule has 2 rings (SSSR count). The van der Waals surface area contributed by atoms with Crippen molar-refractivity contribution in [2.45, 2.75) is 58.8 Å². The van der Waals surface area contributed by atoms with Crippen molar-refractivity contribution in [2.24, 2.45) is 5.92 Å². The summed E-state index contributed by atoms with van der Waals surface area (Å²) in [7, 11) is 0. The lowest BCUT2D eigenvalue weighted by Crippen LogP contribution is -2.15. The molecule has 2 N–H and O–H groups in total. The topological polar surface area (TPSA) is 49.8 Å². The predicted molar refractivity (Wildman–Crippen MR) is 85.3 cm³/mol. The van der Waals surface area contributed by atoms with Gasteiger partial charge in [-0.15, -0.1) is 0 Å². The lowest BCUT2D eigenvalue weighted by Gasteiger charge is -2.15. The number of hydrogen-bond acceptors (Lipinski definition) is 4. The van der Waals surface area contributed by atoms with Crippen molar-refractivity contribution in [1.82, 2.24) is 9.97 Å². The van der Waals surface area contributed by atoms with Gasteiger partial charge >= 0.3 is 0 Å². The number of anilines is 2. The zero-order chi connectivity index (χ0) is 14.4. The number of rotatable bonds is 9. The van der Waals surface area contributed by atoms with Gasteiger partial charge in [-0.05, 0) is 25.2 Å². The van der Waals surface area contributed by atoms with Crippen molar-refractivity contribution >= 4 is 11.6 Å². The minimum atomic E-state index is 0.590. The van der Waals surface area contributed by atoms with E-state index in [-0.39, 0.29) is 0 Å². The molecule has 1 aromatic heterocycles. The molecule has 0 radical (unpaired) electrons. The standard InChI is InChI=1S/C16H28N4/c1-4-9-17-14-10-15(18-11-12(5-2)6-3)20-16(19-14)13-7-8-13/h10,12-13H,4-9,11H2,1-3H3,(H2,17,18,19,20). The van der Waals surface area contributed by atoms with Crippen LogP contribution in [-0.2, 0) is 0 Å². The van der Waals surface area contributed by atoms with E-state index in [0.29, 0.717) is 5.92 Å². The number of nitrogens with one attached hydrogen (secondary N) is 2. The first kappa shape index (κ1) is 15.1. The molecule has 0 aromatic carbocycles. The van der Waals surface area contributed by atoms with Gasteiger partial charge in [-0.1, -0.05) is 33.6 Å². The molecular formula is C16H28N4. The Bertz CT molecular complexity index is 411. The SMILES string of the molecule is CCCNc1cc(NCC(CC)CC)nc(C2CC2)n1. The van der Waals surface area contributed by atoms with E-state index in [4.69, 9.17) is 0 Å². The van der Waals surface area contributed by atoms with Crippen LogP contribution in [0.1, 0.15) is 64.6 Å². The van der Waals surface area contributed by atoms with Crippen LogP contribution in [0.15, 0.2) is 6.07 Å². The summed E-state index contributed by atoms with van der Waals surface area (Å²) >= 11 is 0. The molecule has 1 saturated carbocycles. The molecule has 0 spiro atoms. The lowest BCUT2D eigenvalue weighted by atomic mass is 10.0. The van der Waals surface area contributed by atoms with Crippen LogP contribution in [0.3, 0.4) is 0 Å². The number of hydrogen-bond donors (Lipinski definition) is 2. The maximum Gasteiger partial charge on any atom is 0.136 e. The lowest BCUT2D eigenvalue weighted by molar-refractivity contribution is 0.518. The Morgan fingerprint density at radius 2 is 1.75 bits per heavy atom. The highest BCUT2D eigenvalue weighted by Gasteiger charge is 2.27. The van der Waals surface area contributed by atoms with Crippen LogP contribution in [0.4, 0.5) is 11.6 Å². The third-order valence-corrected chi connectivity index (χ3v) is 3.97. The summed E-state index contributed by atoms with van der Waals surface area (Å²) in [6.07, 6.45) is 6.02. The van der Waals surface area contributed by atoms with Gasteiger partial charge in [-0.3, -0.25) is 0 Å². The zero-order valence-corrected chi connectivity index (χ0v) is 13.1. The zero-order valence-electron chi connectivity index (χ0n) is 13.1.